The molecule has 1 rings (SSSR count). The van der Waals surface area contributed by atoms with Gasteiger partial charge in [-0.3, -0.25) is 0 Å². The summed E-state index contributed by atoms with van der Waals surface area (Å²) < 4.78 is 5.15. The summed E-state index contributed by atoms with van der Waals surface area (Å²) in [6.45, 7) is 3.28. The molecule has 3 nitrogen and oxygen atoms in total. The molecule has 102 valence electrons. The molecule has 0 aromatic heterocycles. The molecule has 0 aliphatic rings. The van der Waals surface area contributed by atoms with Crippen LogP contribution in [0.2, 0.25) is 0 Å². The summed E-state index contributed by atoms with van der Waals surface area (Å²) in [4.78, 5) is 2.19. The molecular weight excluding hydrogens is 244 g/mol. The van der Waals surface area contributed by atoms with E-state index in [1.165, 1.54) is 5.56 Å². The number of ether oxygens (including phenoxy) is 1. The number of nitrogens with two attached hydrogens (primary N) is 1. The van der Waals surface area contributed by atoms with Crippen LogP contribution < -0.4 is 10.5 Å². The lowest BCUT2D eigenvalue weighted by atomic mass is 10.1. The Kier molecular flexibility index (Phi) is 6.54. The normalized spacial score (nSPS) is 14.6. The number of methoxy groups -OCH3 is 1. The van der Waals surface area contributed by atoms with Gasteiger partial charge in [-0.05, 0) is 31.8 Å². The van der Waals surface area contributed by atoms with Gasteiger partial charge >= 0.3 is 0 Å². The van der Waals surface area contributed by atoms with Crippen molar-refractivity contribution in [3.8, 4) is 5.75 Å². The van der Waals surface area contributed by atoms with Gasteiger partial charge in [0.05, 0.1) is 7.11 Å². The van der Waals surface area contributed by atoms with Crippen molar-refractivity contribution in [3.63, 3.8) is 0 Å². The number of benzene rings is 1. The molecule has 1 aromatic rings. The molecule has 2 atom stereocenters. The molecule has 0 saturated carbocycles. The molecule has 1 aromatic carbocycles. The van der Waals surface area contributed by atoms with E-state index in [2.05, 4.69) is 25.9 Å². The van der Waals surface area contributed by atoms with Crippen molar-refractivity contribution in [3.05, 3.63) is 29.8 Å². The van der Waals surface area contributed by atoms with Crippen LogP contribution in [0.5, 0.6) is 5.75 Å². The fraction of sp³-hybridized carbons (Fsp3) is 0.571. The summed E-state index contributed by atoms with van der Waals surface area (Å²) in [6, 6.07) is 8.10. The van der Waals surface area contributed by atoms with Gasteiger partial charge in [-0.1, -0.05) is 19.1 Å². The van der Waals surface area contributed by atoms with Crippen LogP contribution in [-0.2, 0) is 0 Å². The lowest BCUT2D eigenvalue weighted by Gasteiger charge is -2.21. The van der Waals surface area contributed by atoms with E-state index in [1.54, 1.807) is 7.11 Å². The van der Waals surface area contributed by atoms with Crippen LogP contribution >= 0.6 is 11.8 Å². The third-order valence-electron chi connectivity index (χ3n) is 2.93. The molecule has 0 amide bonds. The molecule has 2 unspecified atom stereocenters. The van der Waals surface area contributed by atoms with Crippen LogP contribution in [0.25, 0.3) is 0 Å². The number of hydrogen-bond donors (Lipinski definition) is 1. The van der Waals surface area contributed by atoms with Crippen LogP contribution in [0.1, 0.15) is 18.5 Å². The Morgan fingerprint density at radius 1 is 1.28 bits per heavy atom. The van der Waals surface area contributed by atoms with Gasteiger partial charge in [0.1, 0.15) is 5.75 Å². The molecule has 18 heavy (non-hydrogen) atoms. The van der Waals surface area contributed by atoms with Crippen LogP contribution in [0.3, 0.4) is 0 Å². The van der Waals surface area contributed by atoms with E-state index < -0.39 is 0 Å². The van der Waals surface area contributed by atoms with Gasteiger partial charge in [0.25, 0.3) is 0 Å². The third-order valence-corrected chi connectivity index (χ3v) is 4.16. The fourth-order valence-electron chi connectivity index (χ4n) is 1.62. The highest BCUT2D eigenvalue weighted by molar-refractivity contribution is 7.99. The Morgan fingerprint density at radius 2 is 1.89 bits per heavy atom. The van der Waals surface area contributed by atoms with Gasteiger partial charge < -0.3 is 15.4 Å². The van der Waals surface area contributed by atoms with E-state index in [9.17, 15) is 0 Å². The first-order chi connectivity index (χ1) is 8.54. The summed E-state index contributed by atoms with van der Waals surface area (Å²) in [5.41, 5.74) is 7.44. The van der Waals surface area contributed by atoms with Crippen molar-refractivity contribution in [2.75, 3.05) is 33.5 Å². The highest BCUT2D eigenvalue weighted by Crippen LogP contribution is 2.25. The van der Waals surface area contributed by atoms with Gasteiger partial charge in [0.2, 0.25) is 0 Å². The van der Waals surface area contributed by atoms with Crippen molar-refractivity contribution < 1.29 is 4.74 Å². The van der Waals surface area contributed by atoms with E-state index in [1.807, 2.05) is 36.0 Å². The summed E-state index contributed by atoms with van der Waals surface area (Å²) in [6.07, 6.45) is 0. The minimum Gasteiger partial charge on any atom is -0.497 e. The largest absolute Gasteiger partial charge is 0.497 e. The smallest absolute Gasteiger partial charge is 0.118 e. The fourth-order valence-corrected chi connectivity index (χ4v) is 2.83. The van der Waals surface area contributed by atoms with E-state index in [-0.39, 0.29) is 6.04 Å². The van der Waals surface area contributed by atoms with E-state index in [0.717, 1.165) is 18.0 Å². The van der Waals surface area contributed by atoms with Gasteiger partial charge in [-0.25, -0.2) is 0 Å². The Bertz CT molecular complexity index is 340. The summed E-state index contributed by atoms with van der Waals surface area (Å²) in [7, 11) is 5.86. The zero-order valence-electron chi connectivity index (χ0n) is 11.7. The Balaban J connectivity index is 2.48. The zero-order chi connectivity index (χ0) is 13.5. The molecule has 0 spiro atoms. The summed E-state index contributed by atoms with van der Waals surface area (Å²) in [5.74, 6) is 1.98. The number of thioether (sulfide) groups is 1. The molecule has 4 heteroatoms. The molecule has 0 fully saturated rings. The van der Waals surface area contributed by atoms with Crippen molar-refractivity contribution in [2.24, 2.45) is 5.73 Å². The maximum Gasteiger partial charge on any atom is 0.118 e. The molecule has 0 heterocycles. The predicted octanol–water partition coefficient (Wildman–Crippen LogP) is 2.38. The number of rotatable bonds is 7. The van der Waals surface area contributed by atoms with Crippen molar-refractivity contribution in [1.82, 2.24) is 4.90 Å². The molecular formula is C14H24N2OS. The van der Waals surface area contributed by atoms with Crippen molar-refractivity contribution in [1.29, 1.82) is 0 Å². The van der Waals surface area contributed by atoms with Gasteiger partial charge in [-0.15, -0.1) is 0 Å². The van der Waals surface area contributed by atoms with Crippen molar-refractivity contribution >= 4 is 11.8 Å². The maximum atomic E-state index is 6.27. The average molecular weight is 268 g/mol. The molecule has 0 radical (unpaired) electrons. The second kappa shape index (κ2) is 7.67. The minimum absolute atomic E-state index is 0.0723. The third kappa shape index (κ3) is 4.88. The highest BCUT2D eigenvalue weighted by atomic mass is 32.2. The van der Waals surface area contributed by atoms with Crippen LogP contribution in [0.15, 0.2) is 24.3 Å². The molecule has 0 aliphatic carbocycles. The average Bonchev–Trinajstić information content (AvgIpc) is 2.37. The van der Waals surface area contributed by atoms with Gasteiger partial charge in [0, 0.05) is 23.6 Å². The summed E-state index contributed by atoms with van der Waals surface area (Å²) >= 11 is 1.92. The second-order valence-electron chi connectivity index (χ2n) is 4.68. The Labute approximate surface area is 115 Å². The van der Waals surface area contributed by atoms with E-state index >= 15 is 0 Å². The molecule has 0 aliphatic heterocycles. The predicted molar refractivity (Wildman–Crippen MR) is 80.4 cm³/mol. The first-order valence-corrected chi connectivity index (χ1v) is 7.25. The zero-order valence-corrected chi connectivity index (χ0v) is 12.5. The topological polar surface area (TPSA) is 38.5 Å². The SMILES string of the molecule is COc1ccc(C(N)C(C)SCCN(C)C)cc1. The highest BCUT2D eigenvalue weighted by Gasteiger charge is 2.15. The summed E-state index contributed by atoms with van der Waals surface area (Å²) in [5, 5.41) is 0.415. The van der Waals surface area contributed by atoms with Crippen LogP contribution in [0, 0.1) is 0 Å². The second-order valence-corrected chi connectivity index (χ2v) is 6.16. The van der Waals surface area contributed by atoms with Gasteiger partial charge in [0.15, 0.2) is 0 Å². The lowest BCUT2D eigenvalue weighted by molar-refractivity contribution is 0.414. The molecule has 0 bridgehead atoms. The van der Waals surface area contributed by atoms with E-state index in [0.29, 0.717) is 5.25 Å². The first kappa shape index (κ1) is 15.3. The van der Waals surface area contributed by atoms with Crippen LogP contribution in [0.4, 0.5) is 0 Å². The molecule has 2 N–H and O–H groups in total. The van der Waals surface area contributed by atoms with Gasteiger partial charge in [-0.2, -0.15) is 11.8 Å². The Hall–Kier alpha value is -0.710. The van der Waals surface area contributed by atoms with Crippen molar-refractivity contribution in [2.45, 2.75) is 18.2 Å². The Morgan fingerprint density at radius 3 is 2.39 bits per heavy atom. The van der Waals surface area contributed by atoms with E-state index in [4.69, 9.17) is 10.5 Å². The standard InChI is InChI=1S/C14H24N2OS/c1-11(18-10-9-16(2)3)14(15)12-5-7-13(17-4)8-6-12/h5-8,11,14H,9-10,15H2,1-4H3. The number of hydrogen-bond acceptors (Lipinski definition) is 4. The maximum absolute atomic E-state index is 6.27. The lowest BCUT2D eigenvalue weighted by Crippen LogP contribution is -2.23. The molecule has 0 saturated heterocycles. The van der Waals surface area contributed by atoms with Crippen LogP contribution in [-0.4, -0.2) is 43.7 Å². The quantitative estimate of drug-likeness (QED) is 0.824. The number of nitrogens with zero attached hydrogens (tertiary/aromatic N) is 1. The monoisotopic (exact) mass is 268 g/mol. The first-order valence-electron chi connectivity index (χ1n) is 6.20. The minimum atomic E-state index is 0.0723.